The fraction of sp³-hybridized carbons (Fsp3) is 1.00. The summed E-state index contributed by atoms with van der Waals surface area (Å²) in [4.78, 5) is 2.37. The van der Waals surface area contributed by atoms with Gasteiger partial charge in [0.25, 0.3) is 0 Å². The van der Waals surface area contributed by atoms with E-state index in [0.717, 1.165) is 32.8 Å². The monoisotopic (exact) mass is 217 g/mol. The predicted octanol–water partition coefficient (Wildman–Crippen LogP) is 2.48. The second-order valence-electron chi connectivity index (χ2n) is 4.83. The average molecular weight is 217 g/mol. The predicted molar refractivity (Wildman–Crippen MR) is 60.9 cm³/mol. The highest BCUT2D eigenvalue weighted by Gasteiger charge is 2.29. The van der Waals surface area contributed by atoms with E-state index in [1.165, 1.54) is 12.8 Å². The van der Waals surface area contributed by atoms with Crippen molar-refractivity contribution in [2.45, 2.75) is 33.1 Å². The molecule has 0 saturated carbocycles. The van der Waals surface area contributed by atoms with Crippen LogP contribution in [0.3, 0.4) is 0 Å². The van der Waals surface area contributed by atoms with E-state index in [1.54, 1.807) is 0 Å². The highest BCUT2D eigenvalue weighted by molar-refractivity contribution is 4.82. The van der Waals surface area contributed by atoms with Crippen LogP contribution in [0.5, 0.6) is 0 Å². The molecule has 0 aromatic carbocycles. The summed E-state index contributed by atoms with van der Waals surface area (Å²) in [5.74, 6) is 0. The van der Waals surface area contributed by atoms with Crippen molar-refractivity contribution in [1.29, 1.82) is 0 Å². The minimum Gasteiger partial charge on any atom is -0.381 e. The molecule has 1 fully saturated rings. The van der Waals surface area contributed by atoms with E-state index < -0.39 is 0 Å². The molecule has 1 rings (SSSR count). The van der Waals surface area contributed by atoms with E-state index in [9.17, 15) is 4.39 Å². The van der Waals surface area contributed by atoms with Crippen LogP contribution in [-0.4, -0.2) is 44.4 Å². The number of likely N-dealkylation sites (tertiary alicyclic amines) is 1. The van der Waals surface area contributed by atoms with Crippen LogP contribution in [0, 0.1) is 5.41 Å². The van der Waals surface area contributed by atoms with Gasteiger partial charge in [0.2, 0.25) is 0 Å². The quantitative estimate of drug-likeness (QED) is 0.677. The lowest BCUT2D eigenvalue weighted by atomic mass is 9.81. The van der Waals surface area contributed by atoms with Crippen molar-refractivity contribution in [2.75, 3.05) is 39.5 Å². The van der Waals surface area contributed by atoms with Gasteiger partial charge in [-0.15, -0.1) is 0 Å². The summed E-state index contributed by atoms with van der Waals surface area (Å²) in [5.41, 5.74) is 0.349. The van der Waals surface area contributed by atoms with Crippen molar-refractivity contribution >= 4 is 0 Å². The second-order valence-corrected chi connectivity index (χ2v) is 4.83. The average Bonchev–Trinajstić information content (AvgIpc) is 2.26. The zero-order chi connectivity index (χ0) is 11.1. The molecule has 1 saturated heterocycles. The lowest BCUT2D eigenvalue weighted by Gasteiger charge is -2.39. The second kappa shape index (κ2) is 6.44. The highest BCUT2D eigenvalue weighted by atomic mass is 19.1. The van der Waals surface area contributed by atoms with Gasteiger partial charge in [-0.05, 0) is 44.7 Å². The standard InChI is InChI=1S/C12H24FNO/c1-3-15-11-12(2)5-9-14(10-6-12)8-4-7-13/h3-11H2,1-2H3. The number of hydrogen-bond donors (Lipinski definition) is 0. The maximum Gasteiger partial charge on any atom is 0.0906 e. The summed E-state index contributed by atoms with van der Waals surface area (Å²) < 4.78 is 17.5. The van der Waals surface area contributed by atoms with Gasteiger partial charge in [-0.25, -0.2) is 0 Å². The van der Waals surface area contributed by atoms with Crippen molar-refractivity contribution in [3.05, 3.63) is 0 Å². The first-order valence-electron chi connectivity index (χ1n) is 6.06. The van der Waals surface area contributed by atoms with Crippen LogP contribution in [0.15, 0.2) is 0 Å². The van der Waals surface area contributed by atoms with E-state index >= 15 is 0 Å². The molecule has 0 atom stereocenters. The molecule has 0 aromatic heterocycles. The van der Waals surface area contributed by atoms with E-state index in [-0.39, 0.29) is 6.67 Å². The summed E-state index contributed by atoms with van der Waals surface area (Å²) in [5, 5.41) is 0. The van der Waals surface area contributed by atoms with Crippen LogP contribution in [0.2, 0.25) is 0 Å². The Kier molecular flexibility index (Phi) is 5.54. The van der Waals surface area contributed by atoms with Crippen LogP contribution >= 0.6 is 0 Å². The largest absolute Gasteiger partial charge is 0.381 e. The Bertz CT molecular complexity index is 167. The summed E-state index contributed by atoms with van der Waals surface area (Å²) in [6.45, 7) is 8.96. The molecule has 3 heteroatoms. The van der Waals surface area contributed by atoms with Gasteiger partial charge in [0, 0.05) is 13.2 Å². The minimum atomic E-state index is -0.188. The molecule has 2 nitrogen and oxygen atoms in total. The van der Waals surface area contributed by atoms with Crippen LogP contribution < -0.4 is 0 Å². The molecule has 0 amide bonds. The molecule has 1 aliphatic heterocycles. The zero-order valence-corrected chi connectivity index (χ0v) is 10.1. The Morgan fingerprint density at radius 1 is 1.33 bits per heavy atom. The number of alkyl halides is 1. The van der Waals surface area contributed by atoms with E-state index in [1.807, 2.05) is 6.92 Å². The lowest BCUT2D eigenvalue weighted by molar-refractivity contribution is 0.0157. The van der Waals surface area contributed by atoms with Crippen molar-refractivity contribution in [3.63, 3.8) is 0 Å². The number of piperidine rings is 1. The Labute approximate surface area is 92.8 Å². The van der Waals surface area contributed by atoms with E-state index in [2.05, 4.69) is 11.8 Å². The fourth-order valence-corrected chi connectivity index (χ4v) is 2.09. The number of hydrogen-bond acceptors (Lipinski definition) is 2. The number of nitrogens with zero attached hydrogens (tertiary/aromatic N) is 1. The molecule has 0 N–H and O–H groups in total. The Morgan fingerprint density at radius 3 is 2.53 bits per heavy atom. The van der Waals surface area contributed by atoms with Crippen molar-refractivity contribution in [1.82, 2.24) is 4.90 Å². The number of ether oxygens (including phenoxy) is 1. The molecule has 0 unspecified atom stereocenters. The molecular weight excluding hydrogens is 193 g/mol. The van der Waals surface area contributed by atoms with Crippen molar-refractivity contribution < 1.29 is 9.13 Å². The van der Waals surface area contributed by atoms with Crippen LogP contribution in [0.1, 0.15) is 33.1 Å². The van der Waals surface area contributed by atoms with Gasteiger partial charge >= 0.3 is 0 Å². The van der Waals surface area contributed by atoms with Crippen molar-refractivity contribution in [2.24, 2.45) is 5.41 Å². The van der Waals surface area contributed by atoms with Crippen molar-refractivity contribution in [3.8, 4) is 0 Å². The molecule has 0 bridgehead atoms. The van der Waals surface area contributed by atoms with Gasteiger partial charge in [0.1, 0.15) is 0 Å². The van der Waals surface area contributed by atoms with Crippen LogP contribution in [0.25, 0.3) is 0 Å². The molecule has 0 spiro atoms. The fourth-order valence-electron chi connectivity index (χ4n) is 2.09. The first-order chi connectivity index (χ1) is 7.20. The van der Waals surface area contributed by atoms with Crippen LogP contribution in [0.4, 0.5) is 4.39 Å². The van der Waals surface area contributed by atoms with Crippen LogP contribution in [-0.2, 0) is 4.74 Å². The van der Waals surface area contributed by atoms with Gasteiger partial charge in [-0.1, -0.05) is 6.92 Å². The minimum absolute atomic E-state index is 0.188. The number of rotatable bonds is 6. The Balaban J connectivity index is 2.21. The molecule has 0 aliphatic carbocycles. The summed E-state index contributed by atoms with van der Waals surface area (Å²) in [6.07, 6.45) is 3.04. The summed E-state index contributed by atoms with van der Waals surface area (Å²) in [7, 11) is 0. The molecule has 1 heterocycles. The summed E-state index contributed by atoms with van der Waals surface area (Å²) >= 11 is 0. The maximum atomic E-state index is 12.0. The van der Waals surface area contributed by atoms with Gasteiger partial charge in [-0.2, -0.15) is 0 Å². The molecule has 0 aromatic rings. The summed E-state index contributed by atoms with van der Waals surface area (Å²) in [6, 6.07) is 0. The molecule has 15 heavy (non-hydrogen) atoms. The molecule has 90 valence electrons. The van der Waals surface area contributed by atoms with Gasteiger partial charge < -0.3 is 9.64 Å². The zero-order valence-electron chi connectivity index (χ0n) is 10.1. The van der Waals surface area contributed by atoms with Gasteiger partial charge in [0.15, 0.2) is 0 Å². The molecular formula is C12H24FNO. The van der Waals surface area contributed by atoms with Gasteiger partial charge in [-0.3, -0.25) is 4.39 Å². The molecule has 1 aliphatic rings. The molecule has 0 radical (unpaired) electrons. The maximum absolute atomic E-state index is 12.0. The highest BCUT2D eigenvalue weighted by Crippen LogP contribution is 2.31. The normalized spacial score (nSPS) is 21.8. The smallest absolute Gasteiger partial charge is 0.0906 e. The Morgan fingerprint density at radius 2 is 2.00 bits per heavy atom. The first-order valence-corrected chi connectivity index (χ1v) is 6.06. The van der Waals surface area contributed by atoms with E-state index in [0.29, 0.717) is 11.8 Å². The third kappa shape index (κ3) is 4.47. The van der Waals surface area contributed by atoms with E-state index in [4.69, 9.17) is 4.74 Å². The third-order valence-corrected chi connectivity index (χ3v) is 3.33. The van der Waals surface area contributed by atoms with Gasteiger partial charge in [0.05, 0.1) is 13.3 Å². The Hall–Kier alpha value is -0.150. The topological polar surface area (TPSA) is 12.5 Å². The first kappa shape index (κ1) is 12.9. The SMILES string of the molecule is CCOCC1(C)CCN(CCCF)CC1. The third-order valence-electron chi connectivity index (χ3n) is 3.33. The lowest BCUT2D eigenvalue weighted by Crippen LogP contribution is -2.41. The number of halogens is 1.